The van der Waals surface area contributed by atoms with Crippen LogP contribution in [-0.4, -0.2) is 47.0 Å². The second-order valence-corrected chi connectivity index (χ2v) is 4.96. The Labute approximate surface area is 128 Å². The first kappa shape index (κ1) is 17.8. The van der Waals surface area contributed by atoms with Crippen LogP contribution < -0.4 is 11.1 Å². The van der Waals surface area contributed by atoms with E-state index in [-0.39, 0.29) is 36.8 Å². The van der Waals surface area contributed by atoms with E-state index in [9.17, 15) is 9.90 Å². The van der Waals surface area contributed by atoms with E-state index >= 15 is 0 Å². The van der Waals surface area contributed by atoms with E-state index in [0.29, 0.717) is 37.6 Å². The van der Waals surface area contributed by atoms with Crippen LogP contribution in [0.3, 0.4) is 0 Å². The number of methoxy groups -OCH3 is 1. The third-order valence-corrected chi connectivity index (χ3v) is 3.40. The quantitative estimate of drug-likeness (QED) is 0.639. The second-order valence-electron chi connectivity index (χ2n) is 4.96. The normalized spacial score (nSPS) is 24.6. The molecule has 2 rings (SSSR count). The fourth-order valence-corrected chi connectivity index (χ4v) is 2.23. The van der Waals surface area contributed by atoms with Crippen molar-refractivity contribution in [3.8, 4) is 0 Å². The highest BCUT2D eigenvalue weighted by molar-refractivity contribution is 5.85. The van der Waals surface area contributed by atoms with Gasteiger partial charge in [0.15, 0.2) is 5.82 Å². The van der Waals surface area contributed by atoms with E-state index in [1.54, 1.807) is 7.11 Å². The van der Waals surface area contributed by atoms with Gasteiger partial charge in [0, 0.05) is 19.1 Å². The van der Waals surface area contributed by atoms with Crippen molar-refractivity contribution in [1.82, 2.24) is 15.5 Å². The summed E-state index contributed by atoms with van der Waals surface area (Å²) >= 11 is 0. The summed E-state index contributed by atoms with van der Waals surface area (Å²) in [6.07, 6.45) is 0.842. The van der Waals surface area contributed by atoms with Crippen LogP contribution in [-0.2, 0) is 22.5 Å². The van der Waals surface area contributed by atoms with Crippen LogP contribution in [0.2, 0.25) is 0 Å². The molecule has 9 heteroatoms. The molecule has 120 valence electrons. The number of aliphatic hydroxyl groups is 1. The van der Waals surface area contributed by atoms with Crippen LogP contribution >= 0.6 is 12.4 Å². The van der Waals surface area contributed by atoms with Gasteiger partial charge in [0.05, 0.1) is 25.7 Å². The van der Waals surface area contributed by atoms with Gasteiger partial charge in [-0.2, -0.15) is 4.98 Å². The first-order valence-corrected chi connectivity index (χ1v) is 6.62. The molecule has 8 nitrogen and oxygen atoms in total. The lowest BCUT2D eigenvalue weighted by Crippen LogP contribution is -2.30. The Bertz CT molecular complexity index is 446. The van der Waals surface area contributed by atoms with E-state index in [4.69, 9.17) is 15.0 Å². The van der Waals surface area contributed by atoms with Gasteiger partial charge in [0.1, 0.15) is 0 Å². The molecule has 1 aliphatic rings. The lowest BCUT2D eigenvalue weighted by atomic mass is 10.1. The summed E-state index contributed by atoms with van der Waals surface area (Å²) in [6, 6.07) is -0.323. The minimum Gasteiger partial charge on any atom is -0.391 e. The summed E-state index contributed by atoms with van der Waals surface area (Å²) in [6.45, 7) is 0.711. The lowest BCUT2D eigenvalue weighted by Gasteiger charge is -2.08. The molecule has 1 aromatic heterocycles. The van der Waals surface area contributed by atoms with E-state index in [1.165, 1.54) is 0 Å². The summed E-state index contributed by atoms with van der Waals surface area (Å²) in [5, 5.41) is 16.0. The Morgan fingerprint density at radius 1 is 1.57 bits per heavy atom. The standard InChI is InChI=1S/C12H20N4O4.ClH/c1-19-3-2-11-15-10(16-20-11)6-14-12(18)7-4-8(13)9(17)5-7;/h7-9,17H,2-6,13H2,1H3,(H,14,18);1H/t7-,8-,9-;/m0./s1. The SMILES string of the molecule is COCCc1nc(CNC(=O)[C@H]2C[C@H](N)[C@@H](O)C2)no1.Cl. The Morgan fingerprint density at radius 3 is 2.95 bits per heavy atom. The van der Waals surface area contributed by atoms with Gasteiger partial charge in [-0.25, -0.2) is 0 Å². The van der Waals surface area contributed by atoms with Gasteiger partial charge in [0.2, 0.25) is 11.8 Å². The van der Waals surface area contributed by atoms with Crippen LogP contribution in [0.4, 0.5) is 0 Å². The molecule has 4 N–H and O–H groups in total. The van der Waals surface area contributed by atoms with Crippen molar-refractivity contribution in [3.05, 3.63) is 11.7 Å². The van der Waals surface area contributed by atoms with Gasteiger partial charge >= 0.3 is 0 Å². The van der Waals surface area contributed by atoms with Gasteiger partial charge in [-0.1, -0.05) is 5.16 Å². The smallest absolute Gasteiger partial charge is 0.229 e. The molecule has 0 saturated heterocycles. The molecule has 1 aromatic rings. The van der Waals surface area contributed by atoms with Gasteiger partial charge in [0.25, 0.3) is 0 Å². The van der Waals surface area contributed by atoms with Crippen molar-refractivity contribution in [3.63, 3.8) is 0 Å². The minimum atomic E-state index is -0.600. The highest BCUT2D eigenvalue weighted by Crippen LogP contribution is 2.24. The van der Waals surface area contributed by atoms with E-state index < -0.39 is 6.10 Å². The van der Waals surface area contributed by atoms with Crippen molar-refractivity contribution in [1.29, 1.82) is 0 Å². The number of ether oxygens (including phenoxy) is 1. The lowest BCUT2D eigenvalue weighted by molar-refractivity contribution is -0.125. The van der Waals surface area contributed by atoms with Crippen LogP contribution in [0, 0.1) is 5.92 Å². The van der Waals surface area contributed by atoms with Crippen LogP contribution in [0.1, 0.15) is 24.6 Å². The number of hydrogen-bond acceptors (Lipinski definition) is 7. The molecular formula is C12H21ClN4O4. The minimum absolute atomic E-state index is 0. The van der Waals surface area contributed by atoms with Crippen LogP contribution in [0.15, 0.2) is 4.52 Å². The Balaban J connectivity index is 0.00000220. The number of amides is 1. The molecule has 0 spiro atoms. The van der Waals surface area contributed by atoms with Crippen molar-refractivity contribution in [2.24, 2.45) is 11.7 Å². The van der Waals surface area contributed by atoms with Gasteiger partial charge in [-0.3, -0.25) is 4.79 Å². The fourth-order valence-electron chi connectivity index (χ4n) is 2.23. The monoisotopic (exact) mass is 320 g/mol. The van der Waals surface area contributed by atoms with Gasteiger partial charge in [-0.05, 0) is 12.8 Å². The molecule has 0 aliphatic heterocycles. The zero-order valence-corrected chi connectivity index (χ0v) is 12.6. The molecule has 21 heavy (non-hydrogen) atoms. The first-order valence-electron chi connectivity index (χ1n) is 6.62. The molecule has 0 radical (unpaired) electrons. The van der Waals surface area contributed by atoms with E-state index in [0.717, 1.165) is 0 Å². The highest BCUT2D eigenvalue weighted by atomic mass is 35.5. The molecule has 0 unspecified atom stereocenters. The van der Waals surface area contributed by atoms with Crippen molar-refractivity contribution in [2.75, 3.05) is 13.7 Å². The van der Waals surface area contributed by atoms with Crippen molar-refractivity contribution in [2.45, 2.75) is 38.0 Å². The zero-order chi connectivity index (χ0) is 14.5. The number of carbonyl (C=O) groups is 1. The van der Waals surface area contributed by atoms with E-state index in [1.807, 2.05) is 0 Å². The number of aromatic nitrogens is 2. The summed E-state index contributed by atoms with van der Waals surface area (Å²) in [5.41, 5.74) is 5.68. The average molecular weight is 321 g/mol. The molecule has 0 bridgehead atoms. The second kappa shape index (κ2) is 8.28. The molecule has 1 aliphatic carbocycles. The van der Waals surface area contributed by atoms with Crippen molar-refractivity contribution >= 4 is 18.3 Å². The molecule has 1 saturated carbocycles. The number of aliphatic hydroxyl groups excluding tert-OH is 1. The predicted octanol–water partition coefficient (Wildman–Crippen LogP) is -0.605. The Hall–Kier alpha value is -1.22. The Kier molecular flexibility index (Phi) is 7.03. The number of nitrogens with one attached hydrogen (secondary N) is 1. The maximum absolute atomic E-state index is 11.9. The maximum atomic E-state index is 11.9. The summed E-state index contributed by atoms with van der Waals surface area (Å²) in [4.78, 5) is 16.0. The number of nitrogens with two attached hydrogens (primary N) is 1. The maximum Gasteiger partial charge on any atom is 0.229 e. The number of carbonyl (C=O) groups excluding carboxylic acids is 1. The largest absolute Gasteiger partial charge is 0.391 e. The van der Waals surface area contributed by atoms with E-state index in [2.05, 4.69) is 15.5 Å². The van der Waals surface area contributed by atoms with Crippen LogP contribution in [0.5, 0.6) is 0 Å². The first-order chi connectivity index (χ1) is 9.60. The number of halogens is 1. The Morgan fingerprint density at radius 2 is 2.33 bits per heavy atom. The molecular weight excluding hydrogens is 300 g/mol. The molecule has 1 heterocycles. The summed E-state index contributed by atoms with van der Waals surface area (Å²) in [5.74, 6) is 0.516. The van der Waals surface area contributed by atoms with Gasteiger partial charge in [-0.15, -0.1) is 12.4 Å². The predicted molar refractivity (Wildman–Crippen MR) is 75.7 cm³/mol. The van der Waals surface area contributed by atoms with Crippen LogP contribution in [0.25, 0.3) is 0 Å². The summed E-state index contributed by atoms with van der Waals surface area (Å²) < 4.78 is 9.91. The molecule has 3 atom stereocenters. The third kappa shape index (κ3) is 4.92. The third-order valence-electron chi connectivity index (χ3n) is 3.40. The number of rotatable bonds is 6. The summed E-state index contributed by atoms with van der Waals surface area (Å²) in [7, 11) is 1.60. The fraction of sp³-hybridized carbons (Fsp3) is 0.750. The average Bonchev–Trinajstić information content (AvgIpc) is 3.01. The number of nitrogens with zero attached hydrogens (tertiary/aromatic N) is 2. The number of hydrogen-bond donors (Lipinski definition) is 3. The van der Waals surface area contributed by atoms with Crippen molar-refractivity contribution < 1.29 is 19.2 Å². The topological polar surface area (TPSA) is 124 Å². The molecule has 1 amide bonds. The highest BCUT2D eigenvalue weighted by Gasteiger charge is 2.34. The molecule has 0 aromatic carbocycles. The zero-order valence-electron chi connectivity index (χ0n) is 11.8. The molecule has 1 fully saturated rings. The van der Waals surface area contributed by atoms with Gasteiger partial charge < -0.3 is 25.4 Å².